The van der Waals surface area contributed by atoms with E-state index < -0.39 is 10.8 Å². The molecule has 4 atom stereocenters. The van der Waals surface area contributed by atoms with Gasteiger partial charge in [-0.25, -0.2) is 5.01 Å². The predicted molar refractivity (Wildman–Crippen MR) is 114 cm³/mol. The van der Waals surface area contributed by atoms with Crippen molar-refractivity contribution in [3.05, 3.63) is 74.8 Å². The maximum Gasteiger partial charge on any atom is 0.274 e. The van der Waals surface area contributed by atoms with Crippen molar-refractivity contribution in [3.63, 3.8) is 0 Å². The van der Waals surface area contributed by atoms with E-state index in [1.807, 2.05) is 0 Å². The highest BCUT2D eigenvalue weighted by atomic mass is 35.5. The van der Waals surface area contributed by atoms with Gasteiger partial charge >= 0.3 is 0 Å². The summed E-state index contributed by atoms with van der Waals surface area (Å²) in [5.41, 5.74) is 0.644. The highest BCUT2D eigenvalue weighted by Crippen LogP contribution is 2.56. The second-order valence-corrected chi connectivity index (χ2v) is 9.05. The van der Waals surface area contributed by atoms with Crippen LogP contribution in [0, 0.1) is 33.8 Å². The Hall–Kier alpha value is -3.26. The van der Waals surface area contributed by atoms with E-state index in [1.165, 1.54) is 24.3 Å². The second-order valence-electron chi connectivity index (χ2n) is 8.64. The lowest BCUT2D eigenvalue weighted by Gasteiger charge is -2.31. The van der Waals surface area contributed by atoms with Gasteiger partial charge in [-0.3, -0.25) is 24.5 Å². The maximum absolute atomic E-state index is 13.5. The Morgan fingerprint density at radius 2 is 1.62 bits per heavy atom. The maximum atomic E-state index is 13.5. The van der Waals surface area contributed by atoms with Gasteiger partial charge in [-0.2, -0.15) is 5.01 Å². The number of amides is 3. The van der Waals surface area contributed by atoms with Crippen LogP contribution in [0.1, 0.15) is 35.2 Å². The Kier molecular flexibility index (Phi) is 4.97. The lowest BCUT2D eigenvalue weighted by atomic mass is 9.81. The van der Waals surface area contributed by atoms with Crippen LogP contribution in [-0.2, 0) is 16.1 Å². The van der Waals surface area contributed by atoms with Gasteiger partial charge in [0, 0.05) is 12.1 Å². The lowest BCUT2D eigenvalue weighted by molar-refractivity contribution is -0.384. The predicted octanol–water partition coefficient (Wildman–Crippen LogP) is 3.84. The number of hydrazine groups is 1. The minimum Gasteiger partial charge on any atom is -0.272 e. The molecule has 0 radical (unpaired) electrons. The Labute approximate surface area is 188 Å². The van der Waals surface area contributed by atoms with Crippen molar-refractivity contribution < 1.29 is 19.3 Å². The molecule has 3 amide bonds. The number of nitro groups is 1. The van der Waals surface area contributed by atoms with E-state index in [-0.39, 0.29) is 58.3 Å². The van der Waals surface area contributed by atoms with Gasteiger partial charge in [0.05, 0.1) is 33.9 Å². The number of hydrogen-bond acceptors (Lipinski definition) is 5. The molecule has 2 bridgehead atoms. The smallest absolute Gasteiger partial charge is 0.272 e. The third-order valence-corrected chi connectivity index (χ3v) is 7.29. The minimum atomic E-state index is -0.567. The van der Waals surface area contributed by atoms with Gasteiger partial charge in [-0.1, -0.05) is 35.9 Å². The van der Waals surface area contributed by atoms with Crippen molar-refractivity contribution in [1.82, 2.24) is 10.0 Å². The van der Waals surface area contributed by atoms with Gasteiger partial charge in [0.15, 0.2) is 0 Å². The first-order chi connectivity index (χ1) is 15.4. The third kappa shape index (κ3) is 3.17. The van der Waals surface area contributed by atoms with E-state index in [0.29, 0.717) is 5.56 Å². The van der Waals surface area contributed by atoms with E-state index in [1.54, 1.807) is 24.3 Å². The monoisotopic (exact) mass is 453 g/mol. The van der Waals surface area contributed by atoms with Gasteiger partial charge in [-0.05, 0) is 48.8 Å². The molecular weight excluding hydrogens is 434 g/mol. The summed E-state index contributed by atoms with van der Waals surface area (Å²) in [7, 11) is 0. The number of halogens is 1. The largest absolute Gasteiger partial charge is 0.274 e. The summed E-state index contributed by atoms with van der Waals surface area (Å²) < 4.78 is 0. The van der Waals surface area contributed by atoms with E-state index >= 15 is 0 Å². The quantitative estimate of drug-likeness (QED) is 0.389. The molecule has 8 nitrogen and oxygen atoms in total. The lowest BCUT2D eigenvalue weighted by Crippen LogP contribution is -2.50. The molecule has 3 aliphatic rings. The molecule has 164 valence electrons. The van der Waals surface area contributed by atoms with E-state index in [0.717, 1.165) is 29.3 Å². The van der Waals surface area contributed by atoms with Crippen molar-refractivity contribution >= 4 is 35.0 Å². The van der Waals surface area contributed by atoms with Crippen molar-refractivity contribution in [2.75, 3.05) is 0 Å². The first-order valence-corrected chi connectivity index (χ1v) is 10.9. The first kappa shape index (κ1) is 20.6. The molecule has 2 aromatic rings. The zero-order chi connectivity index (χ0) is 22.6. The fourth-order valence-corrected chi connectivity index (χ4v) is 5.75. The van der Waals surface area contributed by atoms with Gasteiger partial charge in [0.2, 0.25) is 0 Å². The number of rotatable bonds is 5. The van der Waals surface area contributed by atoms with Gasteiger partial charge in [0.1, 0.15) is 0 Å². The van der Waals surface area contributed by atoms with Crippen LogP contribution in [-0.4, -0.2) is 32.7 Å². The van der Waals surface area contributed by atoms with Crippen LogP contribution in [0.2, 0.25) is 5.02 Å². The number of carbonyl (C=O) groups excluding carboxylic acids is 3. The van der Waals surface area contributed by atoms with E-state index in [2.05, 4.69) is 0 Å². The van der Waals surface area contributed by atoms with Crippen LogP contribution in [0.4, 0.5) is 5.69 Å². The van der Waals surface area contributed by atoms with Crippen LogP contribution in [0.5, 0.6) is 0 Å². The van der Waals surface area contributed by atoms with Crippen molar-refractivity contribution in [2.45, 2.75) is 25.8 Å². The molecule has 0 spiro atoms. The fraction of sp³-hybridized carbons (Fsp3) is 0.348. The summed E-state index contributed by atoms with van der Waals surface area (Å²) in [6.45, 7) is -0.0890. The van der Waals surface area contributed by atoms with Gasteiger partial charge in [-0.15, -0.1) is 0 Å². The fourth-order valence-electron chi connectivity index (χ4n) is 5.53. The second kappa shape index (κ2) is 7.70. The summed E-state index contributed by atoms with van der Waals surface area (Å²) in [4.78, 5) is 50.7. The standard InChI is InChI=1S/C23H20ClN3O5/c24-18-4-2-1-3-17(18)21(28)25(12-13-5-9-16(10-6-13)27(31)32)26-22(29)19-14-7-8-15(11-14)20(19)23(26)30/h1-6,9-10,14-15,19-20H,7-8,11-12H2/t14-,15+,19+,20-. The molecule has 32 heavy (non-hydrogen) atoms. The van der Waals surface area contributed by atoms with Crippen molar-refractivity contribution in [1.29, 1.82) is 0 Å². The summed E-state index contributed by atoms with van der Waals surface area (Å²) in [5.74, 6) is -1.63. The molecule has 0 aromatic heterocycles. The summed E-state index contributed by atoms with van der Waals surface area (Å²) in [6.07, 6.45) is 2.75. The first-order valence-electron chi connectivity index (χ1n) is 10.5. The van der Waals surface area contributed by atoms with E-state index in [9.17, 15) is 24.5 Å². The molecular formula is C23H20ClN3O5. The highest BCUT2D eigenvalue weighted by Gasteiger charge is 2.62. The number of nitro benzene ring substituents is 1. The molecule has 0 unspecified atom stereocenters. The van der Waals surface area contributed by atoms with Crippen LogP contribution >= 0.6 is 11.6 Å². The summed E-state index contributed by atoms with van der Waals surface area (Å²) in [5, 5.41) is 13.3. The molecule has 1 saturated heterocycles. The summed E-state index contributed by atoms with van der Waals surface area (Å²) >= 11 is 6.24. The normalized spacial score (nSPS) is 25.8. The third-order valence-electron chi connectivity index (χ3n) is 6.96. The number of fused-ring (bicyclic) bond motifs is 5. The topological polar surface area (TPSA) is 101 Å². The number of imide groups is 1. The molecule has 1 aliphatic heterocycles. The molecule has 5 rings (SSSR count). The molecule has 1 heterocycles. The Morgan fingerprint density at radius 3 is 2.19 bits per heavy atom. The zero-order valence-electron chi connectivity index (χ0n) is 17.0. The number of carbonyl (C=O) groups is 3. The number of hydrogen-bond donors (Lipinski definition) is 0. The minimum absolute atomic E-state index is 0.0860. The van der Waals surface area contributed by atoms with Crippen LogP contribution in [0.15, 0.2) is 48.5 Å². The van der Waals surface area contributed by atoms with Crippen molar-refractivity contribution in [3.8, 4) is 0 Å². The Bertz CT molecular complexity index is 1110. The number of benzene rings is 2. The van der Waals surface area contributed by atoms with Crippen LogP contribution in [0.3, 0.4) is 0 Å². The molecule has 0 N–H and O–H groups in total. The van der Waals surface area contributed by atoms with Crippen LogP contribution < -0.4 is 0 Å². The molecule has 2 aliphatic carbocycles. The highest BCUT2D eigenvalue weighted by molar-refractivity contribution is 6.33. The molecule has 2 saturated carbocycles. The van der Waals surface area contributed by atoms with E-state index in [4.69, 9.17) is 11.6 Å². The summed E-state index contributed by atoms with van der Waals surface area (Å²) in [6, 6.07) is 12.2. The van der Waals surface area contributed by atoms with Gasteiger partial charge < -0.3 is 0 Å². The van der Waals surface area contributed by atoms with Crippen molar-refractivity contribution in [2.24, 2.45) is 23.7 Å². The SMILES string of the molecule is O=C(c1ccccc1Cl)N(Cc1ccc([N+](=O)[O-])cc1)N1C(=O)[C@@H]2[C@H]3CC[C@H](C3)[C@@H]2C1=O. The Balaban J connectivity index is 1.52. The van der Waals surface area contributed by atoms with Crippen LogP contribution in [0.25, 0.3) is 0 Å². The average molecular weight is 454 g/mol. The average Bonchev–Trinajstić information content (AvgIpc) is 3.46. The molecule has 3 fully saturated rings. The number of nitrogens with zero attached hydrogens (tertiary/aromatic N) is 3. The zero-order valence-corrected chi connectivity index (χ0v) is 17.8. The Morgan fingerprint density at radius 1 is 1.03 bits per heavy atom. The van der Waals surface area contributed by atoms with Gasteiger partial charge in [0.25, 0.3) is 23.4 Å². The molecule has 9 heteroatoms. The number of non-ortho nitro benzene ring substituents is 1. The molecule has 2 aromatic carbocycles.